The lowest BCUT2D eigenvalue weighted by molar-refractivity contribution is -0.146. The molecule has 5 rings (SSSR count). The van der Waals surface area contributed by atoms with E-state index in [1.165, 1.54) is 0 Å². The molecule has 5 aliphatic rings. The maximum Gasteiger partial charge on any atom is 0.290 e. The molecule has 0 aromatic rings. The molecule has 9 nitrogen and oxygen atoms in total. The second-order valence-electron chi connectivity index (χ2n) is 12.4. The van der Waals surface area contributed by atoms with Crippen molar-refractivity contribution < 1.29 is 24.0 Å². The van der Waals surface area contributed by atoms with E-state index in [2.05, 4.69) is 29.8 Å². The average Bonchev–Trinajstić information content (AvgIpc) is 3.82. The summed E-state index contributed by atoms with van der Waals surface area (Å²) in [5, 5.41) is 8.51. The first-order chi connectivity index (χ1) is 17.2. The quantitative estimate of drug-likeness (QED) is 0.308. The van der Waals surface area contributed by atoms with E-state index in [9.17, 15) is 24.0 Å². The van der Waals surface area contributed by atoms with E-state index >= 15 is 0 Å². The van der Waals surface area contributed by atoms with Crippen LogP contribution in [0.15, 0.2) is 0 Å². The van der Waals surface area contributed by atoms with Crippen LogP contribution in [0, 0.1) is 29.1 Å². The topological polar surface area (TPSA) is 125 Å². The van der Waals surface area contributed by atoms with Gasteiger partial charge in [-0.25, -0.2) is 0 Å². The fourth-order valence-corrected chi connectivity index (χ4v) is 7.23. The van der Waals surface area contributed by atoms with Crippen molar-refractivity contribution in [2.75, 3.05) is 6.54 Å². The zero-order valence-electron chi connectivity index (χ0n) is 21.7. The van der Waals surface area contributed by atoms with E-state index < -0.39 is 29.3 Å². The molecule has 4 amide bonds. The minimum absolute atomic E-state index is 0.00374. The van der Waals surface area contributed by atoms with Gasteiger partial charge in [-0.1, -0.05) is 46.5 Å². The Bertz CT molecular complexity index is 956. The lowest BCUT2D eigenvalue weighted by Crippen LogP contribution is -2.60. The summed E-state index contributed by atoms with van der Waals surface area (Å²) in [5.74, 6) is -1.56. The van der Waals surface area contributed by atoms with Gasteiger partial charge in [0.25, 0.3) is 5.91 Å². The number of piperidine rings is 1. The Labute approximate surface area is 212 Å². The summed E-state index contributed by atoms with van der Waals surface area (Å²) in [5.41, 5.74) is -1.26. The molecular weight excluding hydrogens is 460 g/mol. The second kappa shape index (κ2) is 9.14. The number of amides is 4. The molecule has 0 spiro atoms. The van der Waals surface area contributed by atoms with Gasteiger partial charge in [0, 0.05) is 12.6 Å². The maximum absolute atomic E-state index is 13.8. The van der Waals surface area contributed by atoms with Gasteiger partial charge in [-0.2, -0.15) is 0 Å². The molecule has 198 valence electrons. The fourth-order valence-electron chi connectivity index (χ4n) is 7.23. The molecule has 4 saturated carbocycles. The van der Waals surface area contributed by atoms with Gasteiger partial charge in [-0.15, -0.1) is 0 Å². The molecule has 4 aliphatic carbocycles. The number of Topliss-reactive ketones (excluding diaryl/α,β-unsaturated/α-hetero) is 1. The third kappa shape index (κ3) is 4.22. The highest BCUT2D eigenvalue weighted by Crippen LogP contribution is 2.65. The number of fused-ring (bicyclic) bond motifs is 1. The molecule has 0 aromatic carbocycles. The Kier molecular flexibility index (Phi) is 6.40. The van der Waals surface area contributed by atoms with Crippen LogP contribution in [-0.4, -0.2) is 65.0 Å². The van der Waals surface area contributed by atoms with E-state index in [0.29, 0.717) is 25.8 Å². The summed E-state index contributed by atoms with van der Waals surface area (Å²) in [4.78, 5) is 66.5. The smallest absolute Gasteiger partial charge is 0.290 e. The molecule has 0 unspecified atom stereocenters. The van der Waals surface area contributed by atoms with Crippen LogP contribution in [0.4, 0.5) is 0 Å². The van der Waals surface area contributed by atoms with Gasteiger partial charge in [0.05, 0.1) is 0 Å². The van der Waals surface area contributed by atoms with Crippen molar-refractivity contribution in [3.8, 4) is 0 Å². The average molecular weight is 501 g/mol. The summed E-state index contributed by atoms with van der Waals surface area (Å²) in [7, 11) is 0. The minimum atomic E-state index is -1.18. The predicted molar refractivity (Wildman–Crippen MR) is 131 cm³/mol. The molecule has 0 aromatic heterocycles. The van der Waals surface area contributed by atoms with Gasteiger partial charge >= 0.3 is 0 Å². The van der Waals surface area contributed by atoms with Crippen molar-refractivity contribution in [2.45, 2.75) is 102 Å². The lowest BCUT2D eigenvalue weighted by atomic mass is 9.83. The van der Waals surface area contributed by atoms with Crippen LogP contribution in [0.25, 0.3) is 0 Å². The van der Waals surface area contributed by atoms with Gasteiger partial charge in [0.1, 0.15) is 17.6 Å². The fraction of sp³-hybridized carbons (Fsp3) is 0.815. The highest BCUT2D eigenvalue weighted by Gasteiger charge is 2.71. The van der Waals surface area contributed by atoms with Gasteiger partial charge in [0.15, 0.2) is 0 Å². The van der Waals surface area contributed by atoms with Crippen LogP contribution >= 0.6 is 0 Å². The zero-order chi connectivity index (χ0) is 25.8. The van der Waals surface area contributed by atoms with Gasteiger partial charge < -0.3 is 20.9 Å². The van der Waals surface area contributed by atoms with Gasteiger partial charge in [0.2, 0.25) is 24.0 Å². The van der Waals surface area contributed by atoms with Crippen LogP contribution < -0.4 is 16.0 Å². The van der Waals surface area contributed by atoms with E-state index in [1.54, 1.807) is 4.90 Å². The number of carbonyl (C=O) groups excluding carboxylic acids is 5. The first-order valence-electron chi connectivity index (χ1n) is 13.8. The summed E-state index contributed by atoms with van der Waals surface area (Å²) in [6.45, 7) is 6.65. The van der Waals surface area contributed by atoms with Gasteiger partial charge in [-0.3, -0.25) is 24.0 Å². The van der Waals surface area contributed by atoms with E-state index in [0.717, 1.165) is 44.9 Å². The molecule has 0 bridgehead atoms. The molecule has 36 heavy (non-hydrogen) atoms. The monoisotopic (exact) mass is 500 g/mol. The minimum Gasteiger partial charge on any atom is -0.347 e. The third-order valence-electron chi connectivity index (χ3n) is 9.86. The summed E-state index contributed by atoms with van der Waals surface area (Å²) >= 11 is 0. The number of carbonyl (C=O) groups is 5. The highest BCUT2D eigenvalue weighted by atomic mass is 16.2. The molecule has 1 heterocycles. The van der Waals surface area contributed by atoms with Crippen molar-refractivity contribution in [3.63, 3.8) is 0 Å². The SMILES string of the molecule is CC[C@@H]1C[C@@]1(NC(=O)[C@@H]1[C@@H]2[C@H](CN1C(=O)[C@@H](NC=O)C1CCCCC1)C2(C)C)C(=O)C(=O)NC1CC1. The number of rotatable bonds is 10. The molecular formula is C27H40N4O5. The summed E-state index contributed by atoms with van der Waals surface area (Å²) in [6, 6.07) is -1.28. The summed E-state index contributed by atoms with van der Waals surface area (Å²) in [6.07, 6.45) is 8.44. The first kappa shape index (κ1) is 25.2. The van der Waals surface area contributed by atoms with Gasteiger partial charge in [-0.05, 0) is 61.2 Å². The number of ketones is 1. The Balaban J connectivity index is 1.35. The van der Waals surface area contributed by atoms with Crippen molar-refractivity contribution >= 4 is 29.9 Å². The Morgan fingerprint density at radius 3 is 2.33 bits per heavy atom. The summed E-state index contributed by atoms with van der Waals surface area (Å²) < 4.78 is 0. The molecule has 5 fully saturated rings. The van der Waals surface area contributed by atoms with Crippen molar-refractivity contribution in [2.24, 2.45) is 29.1 Å². The van der Waals surface area contributed by atoms with Crippen LogP contribution in [0.2, 0.25) is 0 Å². The molecule has 6 atom stereocenters. The Hall–Kier alpha value is -2.45. The molecule has 9 heteroatoms. The number of hydrogen-bond donors (Lipinski definition) is 3. The molecule has 0 radical (unpaired) electrons. The molecule has 1 aliphatic heterocycles. The van der Waals surface area contributed by atoms with E-state index in [4.69, 9.17) is 0 Å². The largest absolute Gasteiger partial charge is 0.347 e. The normalized spacial score (nSPS) is 35.2. The number of nitrogens with zero attached hydrogens (tertiary/aromatic N) is 1. The number of likely N-dealkylation sites (tertiary alicyclic amines) is 1. The van der Waals surface area contributed by atoms with Crippen LogP contribution in [0.1, 0.15) is 78.6 Å². The number of hydrogen-bond acceptors (Lipinski definition) is 5. The molecule has 1 saturated heterocycles. The van der Waals surface area contributed by atoms with Crippen molar-refractivity contribution in [3.05, 3.63) is 0 Å². The molecule has 3 N–H and O–H groups in total. The third-order valence-corrected chi connectivity index (χ3v) is 9.86. The van der Waals surface area contributed by atoms with Crippen molar-refractivity contribution in [1.29, 1.82) is 0 Å². The number of nitrogens with one attached hydrogen (secondary N) is 3. The zero-order valence-corrected chi connectivity index (χ0v) is 21.7. The maximum atomic E-state index is 13.8. The standard InChI is InChI=1S/C27H40N4O5/c1-4-16-12-27(16,22(33)24(35)29-17-10-11-17)30-23(34)21-19-18(26(19,2)3)13-31(21)25(36)20(28-14-32)15-8-6-5-7-9-15/h14-21H,4-13H2,1-3H3,(H,28,32)(H,29,35)(H,30,34)/t16-,18+,19+,20+,21+,27+/m1/s1. The first-order valence-corrected chi connectivity index (χ1v) is 13.8. The lowest BCUT2D eigenvalue weighted by Gasteiger charge is -2.36. The van der Waals surface area contributed by atoms with E-state index in [1.807, 2.05) is 6.92 Å². The Morgan fingerprint density at radius 2 is 1.75 bits per heavy atom. The highest BCUT2D eigenvalue weighted by molar-refractivity contribution is 6.41. The van der Waals surface area contributed by atoms with Crippen LogP contribution in [0.5, 0.6) is 0 Å². The van der Waals surface area contributed by atoms with Crippen LogP contribution in [0.3, 0.4) is 0 Å². The predicted octanol–water partition coefficient (Wildman–Crippen LogP) is 1.30. The van der Waals surface area contributed by atoms with Crippen LogP contribution in [-0.2, 0) is 24.0 Å². The Morgan fingerprint density at radius 1 is 1.06 bits per heavy atom. The van der Waals surface area contributed by atoms with Crippen molar-refractivity contribution in [1.82, 2.24) is 20.9 Å². The van der Waals surface area contributed by atoms with E-state index in [-0.39, 0.29) is 46.9 Å². The second-order valence-corrected chi connectivity index (χ2v) is 12.4.